The van der Waals surface area contributed by atoms with E-state index in [1.165, 1.54) is 0 Å². The van der Waals surface area contributed by atoms with Crippen LogP contribution in [-0.4, -0.2) is 16.9 Å². The predicted molar refractivity (Wildman–Crippen MR) is 44.0 cm³/mol. The molecule has 1 heterocycles. The zero-order chi connectivity index (χ0) is 8.39. The fourth-order valence-corrected chi connectivity index (χ4v) is 1.04. The van der Waals surface area contributed by atoms with E-state index in [0.717, 1.165) is 16.8 Å². The van der Waals surface area contributed by atoms with E-state index in [2.05, 4.69) is 15.4 Å². The van der Waals surface area contributed by atoms with E-state index in [9.17, 15) is 0 Å². The maximum absolute atomic E-state index is 5.29. The molecule has 0 amide bonds. The number of fused-ring (bicyclic) bond motifs is 1. The second-order valence-electron chi connectivity index (χ2n) is 2.37. The van der Waals surface area contributed by atoms with Crippen LogP contribution < -0.4 is 9.84 Å². The Morgan fingerprint density at radius 1 is 1.46 bits per heavy atom. The molecule has 0 saturated heterocycles. The molecule has 5 heteroatoms. The molecule has 0 bridgehead atoms. The molecule has 2 aromatic rings. The number of aromatic nitrogens is 3. The third-order valence-corrected chi connectivity index (χ3v) is 1.56. The van der Waals surface area contributed by atoms with Gasteiger partial charge in [-0.05, 0) is 30.1 Å². The monoisotopic (exact) mass is 269 g/mol. The van der Waals surface area contributed by atoms with Crippen molar-refractivity contribution in [3.05, 3.63) is 18.2 Å². The Balaban J connectivity index is 0.000000845. The molecule has 0 spiro atoms. The third-order valence-electron chi connectivity index (χ3n) is 1.56. The summed E-state index contributed by atoms with van der Waals surface area (Å²) in [6, 6.07) is 5.54. The van der Waals surface area contributed by atoms with Crippen LogP contribution in [0.2, 0.25) is 0 Å². The minimum atomic E-state index is 0. The Hall–Kier alpha value is -0.840. The van der Waals surface area contributed by atoms with Crippen molar-refractivity contribution in [2.75, 3.05) is 6.61 Å². The van der Waals surface area contributed by atoms with Gasteiger partial charge < -0.3 is 14.9 Å². The molecule has 72 valence electrons. The van der Waals surface area contributed by atoms with E-state index in [0.29, 0.717) is 6.61 Å². The van der Waals surface area contributed by atoms with E-state index in [-0.39, 0.29) is 22.4 Å². The molecule has 2 rings (SSSR count). The van der Waals surface area contributed by atoms with Crippen LogP contribution in [-0.2, 0) is 22.4 Å². The van der Waals surface area contributed by atoms with Gasteiger partial charge in [-0.2, -0.15) is 0 Å². The van der Waals surface area contributed by atoms with Gasteiger partial charge in [-0.15, -0.1) is 0 Å². The molecular formula is C8H8AgN3O. The molecule has 4 nitrogen and oxygen atoms in total. The van der Waals surface area contributed by atoms with Gasteiger partial charge in [0.2, 0.25) is 0 Å². The molecule has 13 heavy (non-hydrogen) atoms. The first-order valence-corrected chi connectivity index (χ1v) is 3.79. The van der Waals surface area contributed by atoms with Crippen molar-refractivity contribution in [2.24, 2.45) is 0 Å². The van der Waals surface area contributed by atoms with E-state index < -0.39 is 0 Å². The summed E-state index contributed by atoms with van der Waals surface area (Å²) in [5, 5.41) is 11.2. The van der Waals surface area contributed by atoms with Gasteiger partial charge in [0.05, 0.1) is 6.61 Å². The topological polar surface area (TPSA) is 49.1 Å². The fourth-order valence-electron chi connectivity index (χ4n) is 1.04. The Bertz CT molecular complexity index is 388. The van der Waals surface area contributed by atoms with Gasteiger partial charge >= 0.3 is 22.4 Å². The molecule has 0 atom stereocenters. The molecule has 0 aliphatic rings. The molecule has 0 aliphatic carbocycles. The summed E-state index contributed by atoms with van der Waals surface area (Å²) in [5.74, 6) is 0.812. The smallest absolute Gasteiger partial charge is 0.494 e. The van der Waals surface area contributed by atoms with E-state index in [1.807, 2.05) is 25.1 Å². The number of ether oxygens (including phenoxy) is 1. The van der Waals surface area contributed by atoms with Crippen molar-refractivity contribution in [2.45, 2.75) is 6.92 Å². The summed E-state index contributed by atoms with van der Waals surface area (Å²) in [7, 11) is 0. The first-order valence-electron chi connectivity index (χ1n) is 3.79. The van der Waals surface area contributed by atoms with E-state index in [1.54, 1.807) is 0 Å². The summed E-state index contributed by atoms with van der Waals surface area (Å²) in [6.07, 6.45) is 0. The molecule has 1 aromatic heterocycles. The summed E-state index contributed by atoms with van der Waals surface area (Å²) in [4.78, 5) is 0. The quantitative estimate of drug-likeness (QED) is 0.763. The summed E-state index contributed by atoms with van der Waals surface area (Å²) in [6.45, 7) is 2.60. The van der Waals surface area contributed by atoms with Crippen molar-refractivity contribution >= 4 is 11.0 Å². The Labute approximate surface area is 91.2 Å². The molecule has 0 saturated carbocycles. The van der Waals surface area contributed by atoms with Crippen LogP contribution in [0.25, 0.3) is 11.0 Å². The van der Waals surface area contributed by atoms with E-state index >= 15 is 0 Å². The maximum atomic E-state index is 5.29. The van der Waals surface area contributed by atoms with Crippen LogP contribution >= 0.6 is 0 Å². The van der Waals surface area contributed by atoms with Gasteiger partial charge in [0.25, 0.3) is 0 Å². The van der Waals surface area contributed by atoms with Crippen molar-refractivity contribution in [3.63, 3.8) is 0 Å². The largest absolute Gasteiger partial charge is 1.00 e. The summed E-state index contributed by atoms with van der Waals surface area (Å²) in [5.41, 5.74) is 1.58. The Morgan fingerprint density at radius 2 is 2.31 bits per heavy atom. The average molecular weight is 270 g/mol. The third kappa shape index (κ3) is 2.09. The van der Waals surface area contributed by atoms with Crippen LogP contribution in [0.1, 0.15) is 6.92 Å². The van der Waals surface area contributed by atoms with Gasteiger partial charge in [0, 0.05) is 0 Å². The number of hydrogen-bond acceptors (Lipinski definition) is 3. The van der Waals surface area contributed by atoms with Crippen LogP contribution in [0.5, 0.6) is 5.75 Å². The molecule has 0 radical (unpaired) electrons. The molecule has 0 N–H and O–H groups in total. The van der Waals surface area contributed by atoms with E-state index in [4.69, 9.17) is 4.74 Å². The number of nitrogens with zero attached hydrogens (tertiary/aromatic N) is 3. The zero-order valence-electron chi connectivity index (χ0n) is 6.99. The van der Waals surface area contributed by atoms with Crippen LogP contribution in [0, 0.1) is 0 Å². The van der Waals surface area contributed by atoms with Gasteiger partial charge in [-0.3, -0.25) is 5.21 Å². The van der Waals surface area contributed by atoms with Gasteiger partial charge in [-0.25, -0.2) is 0 Å². The molecule has 0 unspecified atom stereocenters. The first-order chi connectivity index (χ1) is 5.90. The van der Waals surface area contributed by atoms with Crippen molar-refractivity contribution < 1.29 is 27.1 Å². The normalized spacial score (nSPS) is 9.62. The first kappa shape index (κ1) is 10.2. The Morgan fingerprint density at radius 3 is 3.08 bits per heavy atom. The second kappa shape index (κ2) is 4.41. The number of rotatable bonds is 2. The molecule has 0 fully saturated rings. The summed E-state index contributed by atoms with van der Waals surface area (Å²) >= 11 is 0. The standard InChI is InChI=1S/C8H8N3O.Ag/c1-2-12-6-3-4-7-8(5-6)10-11-9-7;/h3-5H,2H2,1H3;/q-1;+1. The van der Waals surface area contributed by atoms with Crippen LogP contribution in [0.3, 0.4) is 0 Å². The van der Waals surface area contributed by atoms with Crippen molar-refractivity contribution in [1.82, 2.24) is 15.4 Å². The molecule has 1 aromatic carbocycles. The SMILES string of the molecule is CCOc1ccc2[n-]nnc2c1.[Ag+]. The van der Waals surface area contributed by atoms with Crippen molar-refractivity contribution in [1.29, 1.82) is 0 Å². The van der Waals surface area contributed by atoms with Gasteiger partial charge in [-0.1, -0.05) is 6.07 Å². The van der Waals surface area contributed by atoms with Gasteiger partial charge in [0.15, 0.2) is 0 Å². The Kier molecular flexibility index (Phi) is 3.48. The molecule has 0 aliphatic heterocycles. The van der Waals surface area contributed by atoms with Crippen molar-refractivity contribution in [3.8, 4) is 5.75 Å². The fraction of sp³-hybridized carbons (Fsp3) is 0.250. The average Bonchev–Trinajstić information content (AvgIpc) is 2.51. The number of hydrogen-bond donors (Lipinski definition) is 0. The van der Waals surface area contributed by atoms with Crippen LogP contribution in [0.15, 0.2) is 18.2 Å². The molecular weight excluding hydrogens is 262 g/mol. The maximum Gasteiger partial charge on any atom is 1.00 e. The second-order valence-corrected chi connectivity index (χ2v) is 2.37. The minimum Gasteiger partial charge on any atom is -0.494 e. The minimum absolute atomic E-state index is 0. The number of benzene rings is 1. The van der Waals surface area contributed by atoms with Gasteiger partial charge in [0.1, 0.15) is 5.75 Å². The predicted octanol–water partition coefficient (Wildman–Crippen LogP) is 0.983. The summed E-state index contributed by atoms with van der Waals surface area (Å²) < 4.78 is 5.29. The van der Waals surface area contributed by atoms with Crippen LogP contribution in [0.4, 0.5) is 0 Å². The zero-order valence-corrected chi connectivity index (χ0v) is 8.47.